The predicted octanol–water partition coefficient (Wildman–Crippen LogP) is 7.31. The van der Waals surface area contributed by atoms with E-state index in [2.05, 4.69) is 15.3 Å². The fourth-order valence-corrected chi connectivity index (χ4v) is 3.75. The molecule has 0 spiro atoms. The minimum Gasteiger partial charge on any atom is -0.487 e. The minimum absolute atomic E-state index is 0.218. The maximum absolute atomic E-state index is 13.4. The van der Waals surface area contributed by atoms with Gasteiger partial charge in [0, 0.05) is 16.6 Å². The van der Waals surface area contributed by atoms with Crippen molar-refractivity contribution in [1.29, 1.82) is 0 Å². The number of aryl methyl sites for hydroxylation is 1. The van der Waals surface area contributed by atoms with Gasteiger partial charge in [-0.3, -0.25) is 0 Å². The Morgan fingerprint density at radius 3 is 2.70 bits per heavy atom. The van der Waals surface area contributed by atoms with Crippen molar-refractivity contribution in [1.82, 2.24) is 9.97 Å². The van der Waals surface area contributed by atoms with E-state index in [-0.39, 0.29) is 12.4 Å². The van der Waals surface area contributed by atoms with Gasteiger partial charge in [-0.2, -0.15) is 0 Å². The van der Waals surface area contributed by atoms with E-state index < -0.39 is 0 Å². The lowest BCUT2D eigenvalue weighted by molar-refractivity contribution is 0.306. The smallest absolute Gasteiger partial charge is 0.141 e. The van der Waals surface area contributed by atoms with Gasteiger partial charge in [0.15, 0.2) is 0 Å². The second kappa shape index (κ2) is 8.92. The molecule has 3 aromatic carbocycles. The standard InChI is InChI=1S/C26H19ClFN3O2/c1-16-5-9-24(33-16)18-6-8-23-21(12-18)26(30-15-29-23)31-20-7-10-25(22(27)13-20)32-14-17-3-2-4-19(28)11-17/h2-13,15H,14H2,1H3,(H,29,30,31). The Labute approximate surface area is 194 Å². The third-order valence-electron chi connectivity index (χ3n) is 5.14. The van der Waals surface area contributed by atoms with Crippen LogP contribution in [0.1, 0.15) is 11.3 Å². The summed E-state index contributed by atoms with van der Waals surface area (Å²) in [4.78, 5) is 8.78. The van der Waals surface area contributed by atoms with Crippen LogP contribution >= 0.6 is 11.6 Å². The van der Waals surface area contributed by atoms with E-state index in [9.17, 15) is 4.39 Å². The van der Waals surface area contributed by atoms with Crippen molar-refractivity contribution in [3.63, 3.8) is 0 Å². The van der Waals surface area contributed by atoms with Gasteiger partial charge in [0.25, 0.3) is 0 Å². The Hall–Kier alpha value is -3.90. The Morgan fingerprint density at radius 1 is 1.00 bits per heavy atom. The molecule has 0 radical (unpaired) electrons. The molecule has 33 heavy (non-hydrogen) atoms. The molecule has 7 heteroatoms. The number of ether oxygens (including phenoxy) is 1. The summed E-state index contributed by atoms with van der Waals surface area (Å²) in [5.74, 6) is 2.49. The van der Waals surface area contributed by atoms with Crippen LogP contribution in [0.2, 0.25) is 5.02 Å². The Bertz CT molecular complexity index is 1450. The summed E-state index contributed by atoms with van der Waals surface area (Å²) >= 11 is 6.43. The van der Waals surface area contributed by atoms with Crippen LogP contribution in [0.5, 0.6) is 5.75 Å². The van der Waals surface area contributed by atoms with Crippen molar-refractivity contribution >= 4 is 34.0 Å². The molecule has 164 valence electrons. The lowest BCUT2D eigenvalue weighted by Crippen LogP contribution is -1.98. The highest BCUT2D eigenvalue weighted by Gasteiger charge is 2.10. The van der Waals surface area contributed by atoms with Crippen LogP contribution in [0.15, 0.2) is 83.5 Å². The number of halogens is 2. The maximum atomic E-state index is 13.4. The summed E-state index contributed by atoms with van der Waals surface area (Å²) in [7, 11) is 0. The topological polar surface area (TPSA) is 60.2 Å². The van der Waals surface area contributed by atoms with Crippen LogP contribution in [-0.4, -0.2) is 9.97 Å². The molecule has 0 bridgehead atoms. The molecular weight excluding hydrogens is 441 g/mol. The molecule has 0 saturated heterocycles. The van der Waals surface area contributed by atoms with Gasteiger partial charge in [-0.05, 0) is 73.2 Å². The number of nitrogens with one attached hydrogen (secondary N) is 1. The molecule has 0 unspecified atom stereocenters. The Balaban J connectivity index is 1.38. The molecule has 0 saturated carbocycles. The maximum Gasteiger partial charge on any atom is 0.141 e. The summed E-state index contributed by atoms with van der Waals surface area (Å²) < 4.78 is 24.9. The first-order chi connectivity index (χ1) is 16.0. The van der Waals surface area contributed by atoms with Gasteiger partial charge in [0.2, 0.25) is 0 Å². The van der Waals surface area contributed by atoms with Gasteiger partial charge < -0.3 is 14.5 Å². The van der Waals surface area contributed by atoms with Crippen molar-refractivity contribution in [2.45, 2.75) is 13.5 Å². The number of rotatable bonds is 6. The quantitative estimate of drug-likeness (QED) is 0.288. The number of fused-ring (bicyclic) bond motifs is 1. The average molecular weight is 460 g/mol. The Kier molecular flexibility index (Phi) is 5.67. The largest absolute Gasteiger partial charge is 0.487 e. The number of aromatic nitrogens is 2. The van der Waals surface area contributed by atoms with Crippen LogP contribution in [-0.2, 0) is 6.61 Å². The molecule has 5 aromatic rings. The molecule has 0 fully saturated rings. The summed E-state index contributed by atoms with van der Waals surface area (Å²) in [6, 6.07) is 21.4. The first-order valence-corrected chi connectivity index (χ1v) is 10.7. The van der Waals surface area contributed by atoms with Gasteiger partial charge >= 0.3 is 0 Å². The number of nitrogens with zero attached hydrogens (tertiary/aromatic N) is 2. The molecular formula is C26H19ClFN3O2. The minimum atomic E-state index is -0.302. The average Bonchev–Trinajstić information content (AvgIpc) is 3.25. The van der Waals surface area contributed by atoms with Crippen molar-refractivity contribution in [3.8, 4) is 17.1 Å². The van der Waals surface area contributed by atoms with Gasteiger partial charge in [-0.1, -0.05) is 23.7 Å². The molecule has 0 amide bonds. The number of anilines is 2. The van der Waals surface area contributed by atoms with Crippen molar-refractivity contribution < 1.29 is 13.5 Å². The number of furan rings is 1. The van der Waals surface area contributed by atoms with E-state index in [1.165, 1.54) is 18.5 Å². The summed E-state index contributed by atoms with van der Waals surface area (Å²) in [6.45, 7) is 2.13. The predicted molar refractivity (Wildman–Crippen MR) is 127 cm³/mol. The SMILES string of the molecule is Cc1ccc(-c2ccc3ncnc(Nc4ccc(OCc5cccc(F)c5)c(Cl)c4)c3c2)o1. The van der Waals surface area contributed by atoms with Crippen LogP contribution < -0.4 is 10.1 Å². The zero-order valence-electron chi connectivity index (χ0n) is 17.7. The summed E-state index contributed by atoms with van der Waals surface area (Å²) in [5.41, 5.74) is 3.22. The molecule has 0 aliphatic rings. The third-order valence-corrected chi connectivity index (χ3v) is 5.43. The summed E-state index contributed by atoms with van der Waals surface area (Å²) in [5, 5.41) is 4.59. The molecule has 5 nitrogen and oxygen atoms in total. The van der Waals surface area contributed by atoms with Crippen LogP contribution in [0.4, 0.5) is 15.9 Å². The van der Waals surface area contributed by atoms with E-state index in [1.54, 1.807) is 24.3 Å². The molecule has 2 aromatic heterocycles. The van der Waals surface area contributed by atoms with E-state index in [1.807, 2.05) is 43.3 Å². The normalized spacial score (nSPS) is 11.0. The highest BCUT2D eigenvalue weighted by atomic mass is 35.5. The van der Waals surface area contributed by atoms with E-state index in [0.29, 0.717) is 16.6 Å². The fourth-order valence-electron chi connectivity index (χ4n) is 3.52. The zero-order chi connectivity index (χ0) is 22.8. The lowest BCUT2D eigenvalue weighted by Gasteiger charge is -2.12. The molecule has 2 heterocycles. The highest BCUT2D eigenvalue weighted by Crippen LogP contribution is 2.32. The number of hydrogen-bond donors (Lipinski definition) is 1. The van der Waals surface area contributed by atoms with Gasteiger partial charge in [0.1, 0.15) is 41.8 Å². The summed E-state index contributed by atoms with van der Waals surface area (Å²) in [6.07, 6.45) is 1.51. The van der Waals surface area contributed by atoms with Crippen molar-refractivity contribution in [2.24, 2.45) is 0 Å². The second-order valence-electron chi connectivity index (χ2n) is 7.55. The van der Waals surface area contributed by atoms with Crippen LogP contribution in [0.3, 0.4) is 0 Å². The molecule has 0 aliphatic carbocycles. The van der Waals surface area contributed by atoms with Crippen LogP contribution in [0.25, 0.3) is 22.2 Å². The number of hydrogen-bond acceptors (Lipinski definition) is 5. The number of benzene rings is 3. The monoisotopic (exact) mass is 459 g/mol. The zero-order valence-corrected chi connectivity index (χ0v) is 18.4. The van der Waals surface area contributed by atoms with Gasteiger partial charge in [-0.15, -0.1) is 0 Å². The van der Waals surface area contributed by atoms with Crippen molar-refractivity contribution in [2.75, 3.05) is 5.32 Å². The molecule has 5 rings (SSSR count). The molecule has 0 aliphatic heterocycles. The molecule has 1 N–H and O–H groups in total. The van der Waals surface area contributed by atoms with E-state index in [0.717, 1.165) is 39.2 Å². The highest BCUT2D eigenvalue weighted by molar-refractivity contribution is 6.32. The van der Waals surface area contributed by atoms with Gasteiger partial charge in [0.05, 0.1) is 10.5 Å². The van der Waals surface area contributed by atoms with E-state index in [4.69, 9.17) is 20.8 Å². The lowest BCUT2D eigenvalue weighted by atomic mass is 10.1. The third kappa shape index (κ3) is 4.66. The first kappa shape index (κ1) is 21.0. The van der Waals surface area contributed by atoms with E-state index >= 15 is 0 Å². The first-order valence-electron chi connectivity index (χ1n) is 10.3. The fraction of sp³-hybridized carbons (Fsp3) is 0.0769. The second-order valence-corrected chi connectivity index (χ2v) is 7.96. The Morgan fingerprint density at radius 2 is 1.91 bits per heavy atom. The van der Waals surface area contributed by atoms with Gasteiger partial charge in [-0.25, -0.2) is 14.4 Å². The van der Waals surface area contributed by atoms with Crippen molar-refractivity contribution in [3.05, 3.63) is 101 Å². The van der Waals surface area contributed by atoms with Crippen LogP contribution in [0, 0.1) is 12.7 Å². The molecule has 0 atom stereocenters.